The summed E-state index contributed by atoms with van der Waals surface area (Å²) < 4.78 is 4.74. The fraction of sp³-hybridized carbons (Fsp3) is 0.800. The molecule has 0 spiro atoms. The number of rotatable bonds is 3. The van der Waals surface area contributed by atoms with Crippen LogP contribution in [0.25, 0.3) is 0 Å². The van der Waals surface area contributed by atoms with E-state index in [9.17, 15) is 0 Å². The van der Waals surface area contributed by atoms with Gasteiger partial charge in [0.15, 0.2) is 0 Å². The van der Waals surface area contributed by atoms with Gasteiger partial charge >= 0.3 is 18.9 Å². The molecular formula is C5H11LiO. The average Bonchev–Trinajstić information content (AvgIpc) is 1.61. The van der Waals surface area contributed by atoms with Crippen LogP contribution in [0.3, 0.4) is 0 Å². The summed E-state index contributed by atoms with van der Waals surface area (Å²) in [5, 5.41) is 0. The van der Waals surface area contributed by atoms with E-state index >= 15 is 0 Å². The molecule has 0 aliphatic carbocycles. The van der Waals surface area contributed by atoms with Gasteiger partial charge in [-0.1, -0.05) is 6.42 Å². The molecule has 1 nitrogen and oxygen atoms in total. The Morgan fingerprint density at radius 1 is 1.57 bits per heavy atom. The van der Waals surface area contributed by atoms with Gasteiger partial charge in [-0.3, -0.25) is 0 Å². The standard InChI is InChI=1S/C5H11O.Li/c1-3-4-5-6-2;/h1,3-5H2,2H3;/q-1;+1. The Morgan fingerprint density at radius 3 is 2.29 bits per heavy atom. The van der Waals surface area contributed by atoms with Crippen molar-refractivity contribution in [3.8, 4) is 0 Å². The predicted molar refractivity (Wildman–Crippen MR) is 26.5 cm³/mol. The molecule has 0 amide bonds. The Hall–Kier alpha value is 0.557. The minimum atomic E-state index is 0. The molecule has 0 atom stereocenters. The molecule has 0 bridgehead atoms. The first kappa shape index (κ1) is 10.5. The number of hydrogen-bond donors (Lipinski definition) is 0. The van der Waals surface area contributed by atoms with Gasteiger partial charge in [0.1, 0.15) is 0 Å². The minimum Gasteiger partial charge on any atom is -0.385 e. The Morgan fingerprint density at radius 2 is 2.14 bits per heavy atom. The van der Waals surface area contributed by atoms with E-state index in [-0.39, 0.29) is 18.9 Å². The van der Waals surface area contributed by atoms with E-state index in [0.29, 0.717) is 0 Å². The summed E-state index contributed by atoms with van der Waals surface area (Å²) in [5.41, 5.74) is 0. The number of hydrogen-bond acceptors (Lipinski definition) is 1. The normalized spacial score (nSPS) is 7.71. The van der Waals surface area contributed by atoms with Gasteiger partial charge in [0.25, 0.3) is 0 Å². The first-order valence-electron chi connectivity index (χ1n) is 2.20. The van der Waals surface area contributed by atoms with Crippen molar-refractivity contribution in [1.29, 1.82) is 0 Å². The van der Waals surface area contributed by atoms with Crippen molar-refractivity contribution < 1.29 is 23.6 Å². The zero-order valence-corrected chi connectivity index (χ0v) is 5.24. The second-order valence-corrected chi connectivity index (χ2v) is 1.20. The van der Waals surface area contributed by atoms with Crippen LogP contribution < -0.4 is 18.9 Å². The van der Waals surface area contributed by atoms with E-state index in [1.807, 2.05) is 0 Å². The van der Waals surface area contributed by atoms with E-state index in [2.05, 4.69) is 6.92 Å². The number of unbranched alkanes of at least 4 members (excludes halogenated alkanes) is 1. The molecule has 0 N–H and O–H groups in total. The largest absolute Gasteiger partial charge is 1.00 e. The Kier molecular flexibility index (Phi) is 14.7. The molecule has 0 aromatic carbocycles. The van der Waals surface area contributed by atoms with Crippen molar-refractivity contribution in [2.45, 2.75) is 12.8 Å². The Labute approximate surface area is 57.6 Å². The monoisotopic (exact) mass is 94.1 g/mol. The maximum Gasteiger partial charge on any atom is 1.00 e. The number of ether oxygens (including phenoxy) is 1. The maximum atomic E-state index is 4.74. The van der Waals surface area contributed by atoms with Gasteiger partial charge in [-0.2, -0.15) is 6.42 Å². The summed E-state index contributed by atoms with van der Waals surface area (Å²) in [4.78, 5) is 0. The third-order valence-corrected chi connectivity index (χ3v) is 0.598. The van der Waals surface area contributed by atoms with E-state index < -0.39 is 0 Å². The van der Waals surface area contributed by atoms with Crippen LogP contribution in [0.5, 0.6) is 0 Å². The van der Waals surface area contributed by atoms with E-state index in [4.69, 9.17) is 4.74 Å². The van der Waals surface area contributed by atoms with Crippen LogP contribution in [-0.2, 0) is 4.74 Å². The van der Waals surface area contributed by atoms with Crippen LogP contribution in [0.15, 0.2) is 0 Å². The predicted octanol–water partition coefficient (Wildman–Crippen LogP) is -1.75. The molecule has 0 aliphatic heterocycles. The van der Waals surface area contributed by atoms with Crippen molar-refractivity contribution in [2.24, 2.45) is 0 Å². The second kappa shape index (κ2) is 9.75. The van der Waals surface area contributed by atoms with Crippen LogP contribution in [-0.4, -0.2) is 13.7 Å². The summed E-state index contributed by atoms with van der Waals surface area (Å²) in [6, 6.07) is 0. The van der Waals surface area contributed by atoms with Crippen LogP contribution in [0.2, 0.25) is 0 Å². The second-order valence-electron chi connectivity index (χ2n) is 1.20. The van der Waals surface area contributed by atoms with Gasteiger partial charge in [0.05, 0.1) is 0 Å². The maximum absolute atomic E-state index is 4.74. The van der Waals surface area contributed by atoms with Crippen molar-refractivity contribution in [3.63, 3.8) is 0 Å². The summed E-state index contributed by atoms with van der Waals surface area (Å²) in [5.74, 6) is 0. The quantitative estimate of drug-likeness (QED) is 0.229. The van der Waals surface area contributed by atoms with Crippen LogP contribution in [0.4, 0.5) is 0 Å². The minimum absolute atomic E-state index is 0. The summed E-state index contributed by atoms with van der Waals surface area (Å²) in [7, 11) is 1.70. The molecule has 0 fully saturated rings. The third kappa shape index (κ3) is 10.8. The van der Waals surface area contributed by atoms with Gasteiger partial charge in [-0.25, -0.2) is 0 Å². The SMILES string of the molecule is [CH2-]CCCOC.[Li+]. The number of methoxy groups -OCH3 is 1. The molecule has 0 aliphatic rings. The van der Waals surface area contributed by atoms with Crippen molar-refractivity contribution in [1.82, 2.24) is 0 Å². The molecule has 38 valence electrons. The topological polar surface area (TPSA) is 9.23 Å². The fourth-order valence-corrected chi connectivity index (χ4v) is 0.246. The third-order valence-electron chi connectivity index (χ3n) is 0.598. The smallest absolute Gasteiger partial charge is 0.385 e. The molecule has 0 radical (unpaired) electrons. The van der Waals surface area contributed by atoms with E-state index in [1.165, 1.54) is 0 Å². The van der Waals surface area contributed by atoms with E-state index in [0.717, 1.165) is 19.4 Å². The van der Waals surface area contributed by atoms with Crippen molar-refractivity contribution in [2.75, 3.05) is 13.7 Å². The average molecular weight is 94.1 g/mol. The first-order chi connectivity index (χ1) is 2.91. The van der Waals surface area contributed by atoms with Crippen LogP contribution in [0, 0.1) is 6.92 Å². The zero-order chi connectivity index (χ0) is 4.83. The van der Waals surface area contributed by atoms with Crippen molar-refractivity contribution >= 4 is 0 Å². The molecule has 0 unspecified atom stereocenters. The molecule has 0 saturated heterocycles. The van der Waals surface area contributed by atoms with Gasteiger partial charge < -0.3 is 11.7 Å². The fourth-order valence-electron chi connectivity index (χ4n) is 0.246. The zero-order valence-electron chi connectivity index (χ0n) is 5.24. The van der Waals surface area contributed by atoms with Crippen LogP contribution in [0.1, 0.15) is 12.8 Å². The van der Waals surface area contributed by atoms with Gasteiger partial charge in [0.2, 0.25) is 0 Å². The molecule has 0 aromatic rings. The first-order valence-corrected chi connectivity index (χ1v) is 2.20. The molecule has 0 rings (SSSR count). The molecule has 0 saturated carbocycles. The van der Waals surface area contributed by atoms with Gasteiger partial charge in [-0.05, 0) is 0 Å². The Bertz CT molecular complexity index is 20.0. The molecule has 0 heterocycles. The Balaban J connectivity index is 0. The molecule has 7 heavy (non-hydrogen) atoms. The molecule has 2 heteroatoms. The van der Waals surface area contributed by atoms with Gasteiger partial charge in [-0.15, -0.1) is 0 Å². The summed E-state index contributed by atoms with van der Waals surface area (Å²) in [6.45, 7) is 4.49. The molecular weight excluding hydrogens is 83.0 g/mol. The summed E-state index contributed by atoms with van der Waals surface area (Å²) >= 11 is 0. The van der Waals surface area contributed by atoms with Crippen molar-refractivity contribution in [3.05, 3.63) is 6.92 Å². The van der Waals surface area contributed by atoms with Gasteiger partial charge in [0, 0.05) is 13.7 Å². The summed E-state index contributed by atoms with van der Waals surface area (Å²) in [6.07, 6.45) is 2.06. The van der Waals surface area contributed by atoms with E-state index in [1.54, 1.807) is 7.11 Å². The molecule has 0 aromatic heterocycles. The van der Waals surface area contributed by atoms with Crippen LogP contribution >= 0.6 is 0 Å².